The van der Waals surface area contributed by atoms with Crippen molar-refractivity contribution >= 4 is 50.6 Å². The molecule has 0 fully saturated rings. The van der Waals surface area contributed by atoms with Gasteiger partial charge in [0.1, 0.15) is 18.2 Å². The lowest BCUT2D eigenvalue weighted by Gasteiger charge is -2.07. The molecule has 0 aliphatic carbocycles. The minimum Gasteiger partial charge on any atom is -0.454 e. The van der Waals surface area contributed by atoms with Crippen molar-refractivity contribution in [1.82, 2.24) is 9.55 Å². The van der Waals surface area contributed by atoms with Gasteiger partial charge < -0.3 is 18.8 Å². The van der Waals surface area contributed by atoms with Gasteiger partial charge in [0, 0.05) is 17.6 Å². The number of nitrogens with zero attached hydrogens (tertiary/aromatic N) is 2. The van der Waals surface area contributed by atoms with E-state index in [0.29, 0.717) is 27.8 Å². The molecule has 3 rings (SSSR count). The summed E-state index contributed by atoms with van der Waals surface area (Å²) >= 11 is 9.21. The third kappa shape index (κ3) is 4.31. The maximum Gasteiger partial charge on any atom is 0.331 e. The molecule has 0 unspecified atom stereocenters. The van der Waals surface area contributed by atoms with E-state index in [1.54, 1.807) is 34.9 Å². The van der Waals surface area contributed by atoms with Crippen molar-refractivity contribution in [2.24, 2.45) is 0 Å². The number of fused-ring (bicyclic) bond motifs is 1. The van der Waals surface area contributed by atoms with Crippen LogP contribution in [0.15, 0.2) is 45.5 Å². The summed E-state index contributed by atoms with van der Waals surface area (Å²) in [6.45, 7) is 0.253. The van der Waals surface area contributed by atoms with Crippen LogP contribution in [0.25, 0.3) is 17.1 Å². The Bertz CT molecular complexity index is 932. The third-order valence-electron chi connectivity index (χ3n) is 3.43. The number of esters is 1. The van der Waals surface area contributed by atoms with Crippen LogP contribution >= 0.6 is 27.5 Å². The quantitative estimate of drug-likeness (QED) is 0.480. The Morgan fingerprint density at radius 1 is 1.40 bits per heavy atom. The lowest BCUT2D eigenvalue weighted by Crippen LogP contribution is -2.10. The fraction of sp³-hybridized carbons (Fsp3) is 0.176. The number of aromatic nitrogens is 2. The molecular weight excluding hydrogens is 412 g/mol. The molecule has 6 nitrogen and oxygen atoms in total. The predicted octanol–water partition coefficient (Wildman–Crippen LogP) is 3.79. The molecule has 2 heterocycles. The van der Waals surface area contributed by atoms with E-state index < -0.39 is 5.97 Å². The minimum absolute atomic E-state index is 0.0165. The van der Waals surface area contributed by atoms with Gasteiger partial charge in [0.05, 0.1) is 17.6 Å². The zero-order chi connectivity index (χ0) is 17.8. The molecule has 1 N–H and O–H groups in total. The molecule has 0 saturated carbocycles. The summed E-state index contributed by atoms with van der Waals surface area (Å²) in [4.78, 5) is 16.3. The predicted molar refractivity (Wildman–Crippen MR) is 97.1 cm³/mol. The van der Waals surface area contributed by atoms with Gasteiger partial charge in [-0.2, -0.15) is 0 Å². The highest BCUT2D eigenvalue weighted by Crippen LogP contribution is 2.21. The highest BCUT2D eigenvalue weighted by Gasteiger charge is 2.12. The minimum atomic E-state index is -0.520. The van der Waals surface area contributed by atoms with E-state index in [0.717, 1.165) is 11.0 Å². The van der Waals surface area contributed by atoms with Crippen LogP contribution in [0.2, 0.25) is 5.02 Å². The molecule has 8 heteroatoms. The van der Waals surface area contributed by atoms with E-state index in [2.05, 4.69) is 20.9 Å². The van der Waals surface area contributed by atoms with Gasteiger partial charge in [-0.05, 0) is 52.3 Å². The molecule has 25 heavy (non-hydrogen) atoms. The van der Waals surface area contributed by atoms with Crippen LogP contribution in [-0.2, 0) is 22.7 Å². The van der Waals surface area contributed by atoms with E-state index in [1.165, 1.54) is 12.2 Å². The molecule has 3 aromatic rings. The monoisotopic (exact) mass is 424 g/mol. The first-order valence-corrected chi connectivity index (χ1v) is 8.59. The van der Waals surface area contributed by atoms with Gasteiger partial charge in [0.25, 0.3) is 0 Å². The molecule has 0 saturated heterocycles. The number of hydrogen-bond acceptors (Lipinski definition) is 5. The first kappa shape index (κ1) is 17.7. The maximum absolute atomic E-state index is 11.9. The second-order valence-electron chi connectivity index (χ2n) is 5.12. The topological polar surface area (TPSA) is 77.5 Å². The number of carbonyl (C=O) groups is 1. The van der Waals surface area contributed by atoms with Gasteiger partial charge in [-0.3, -0.25) is 0 Å². The smallest absolute Gasteiger partial charge is 0.331 e. The summed E-state index contributed by atoms with van der Waals surface area (Å²) in [6, 6.07) is 8.73. The van der Waals surface area contributed by atoms with Gasteiger partial charge in [-0.25, -0.2) is 9.78 Å². The number of carbonyl (C=O) groups excluding carboxylic acids is 1. The van der Waals surface area contributed by atoms with Crippen LogP contribution in [0.5, 0.6) is 0 Å². The van der Waals surface area contributed by atoms with Crippen molar-refractivity contribution in [2.45, 2.75) is 13.2 Å². The average Bonchev–Trinajstić information content (AvgIpc) is 3.15. The molecule has 0 amide bonds. The molecule has 130 valence electrons. The second-order valence-corrected chi connectivity index (χ2v) is 6.34. The lowest BCUT2D eigenvalue weighted by molar-refractivity contribution is -0.139. The Balaban J connectivity index is 1.72. The first-order valence-electron chi connectivity index (χ1n) is 7.42. The third-order valence-corrected chi connectivity index (χ3v) is 4.10. The van der Waals surface area contributed by atoms with Crippen molar-refractivity contribution in [3.05, 3.63) is 57.7 Å². The number of rotatable bonds is 6. The van der Waals surface area contributed by atoms with Crippen LogP contribution in [0, 0.1) is 0 Å². The maximum atomic E-state index is 11.9. The van der Waals surface area contributed by atoms with Gasteiger partial charge in [-0.1, -0.05) is 11.6 Å². The second kappa shape index (κ2) is 7.86. The van der Waals surface area contributed by atoms with Crippen LogP contribution in [0.1, 0.15) is 11.6 Å². The molecule has 0 aliphatic heterocycles. The lowest BCUT2D eigenvalue weighted by atomic mass is 10.3. The van der Waals surface area contributed by atoms with Crippen molar-refractivity contribution in [3.8, 4) is 0 Å². The molecule has 0 bridgehead atoms. The van der Waals surface area contributed by atoms with Crippen LogP contribution < -0.4 is 0 Å². The highest BCUT2D eigenvalue weighted by atomic mass is 79.9. The first-order chi connectivity index (χ1) is 12.1. The fourth-order valence-corrected chi connectivity index (χ4v) is 2.84. The molecular formula is C17H14BrClN2O4. The summed E-state index contributed by atoms with van der Waals surface area (Å²) < 4.78 is 12.9. The zero-order valence-corrected chi connectivity index (χ0v) is 15.3. The SMILES string of the molecule is O=C(/C=C/c1ccc(Br)o1)OCc1nc2ccc(Cl)cc2n1CCO. The number of imidazole rings is 1. The van der Waals surface area contributed by atoms with E-state index in [9.17, 15) is 9.90 Å². The van der Waals surface area contributed by atoms with E-state index in [1.807, 2.05) is 0 Å². The van der Waals surface area contributed by atoms with Crippen molar-refractivity contribution < 1.29 is 19.1 Å². The Morgan fingerprint density at radius 2 is 2.24 bits per heavy atom. The molecule has 2 aromatic heterocycles. The summed E-state index contributed by atoms with van der Waals surface area (Å²) in [5, 5.41) is 9.84. The van der Waals surface area contributed by atoms with Crippen LogP contribution in [0.3, 0.4) is 0 Å². The Hall–Kier alpha value is -2.09. The van der Waals surface area contributed by atoms with Crippen molar-refractivity contribution in [3.63, 3.8) is 0 Å². The number of furan rings is 1. The number of ether oxygens (including phenoxy) is 1. The van der Waals surface area contributed by atoms with E-state index >= 15 is 0 Å². The van der Waals surface area contributed by atoms with Crippen LogP contribution in [-0.4, -0.2) is 27.2 Å². The van der Waals surface area contributed by atoms with Gasteiger partial charge in [-0.15, -0.1) is 0 Å². The van der Waals surface area contributed by atoms with E-state index in [-0.39, 0.29) is 13.2 Å². The average molecular weight is 426 g/mol. The normalized spacial score (nSPS) is 11.5. The van der Waals surface area contributed by atoms with Gasteiger partial charge in [0.2, 0.25) is 0 Å². The molecule has 0 atom stereocenters. The standard InChI is InChI=1S/C17H14BrClN2O4/c18-15-5-2-12(25-15)3-6-17(23)24-10-16-20-13-4-1-11(19)9-14(13)21(16)7-8-22/h1-6,9,22H,7-8,10H2/b6-3+. The summed E-state index contributed by atoms with van der Waals surface area (Å²) in [7, 11) is 0. The fourth-order valence-electron chi connectivity index (χ4n) is 2.36. The van der Waals surface area contributed by atoms with Gasteiger partial charge in [0.15, 0.2) is 4.67 Å². The Labute approximate surface area is 156 Å². The molecule has 0 aliphatic rings. The molecule has 0 radical (unpaired) electrons. The summed E-state index contributed by atoms with van der Waals surface area (Å²) in [6.07, 6.45) is 2.80. The largest absolute Gasteiger partial charge is 0.454 e. The Morgan fingerprint density at radius 3 is 2.96 bits per heavy atom. The van der Waals surface area contributed by atoms with Crippen molar-refractivity contribution in [2.75, 3.05) is 6.61 Å². The summed E-state index contributed by atoms with van der Waals surface area (Å²) in [5.74, 6) is 0.549. The Kier molecular flexibility index (Phi) is 5.57. The van der Waals surface area contributed by atoms with Crippen LogP contribution in [0.4, 0.5) is 0 Å². The van der Waals surface area contributed by atoms with Gasteiger partial charge >= 0.3 is 5.97 Å². The number of hydrogen-bond donors (Lipinski definition) is 1. The van der Waals surface area contributed by atoms with Crippen molar-refractivity contribution in [1.29, 1.82) is 0 Å². The molecule has 1 aromatic carbocycles. The zero-order valence-electron chi connectivity index (χ0n) is 13.0. The van der Waals surface area contributed by atoms with E-state index in [4.69, 9.17) is 20.8 Å². The highest BCUT2D eigenvalue weighted by molar-refractivity contribution is 9.10. The number of benzene rings is 1. The number of halogens is 2. The number of aliphatic hydroxyl groups is 1. The number of aliphatic hydroxyl groups excluding tert-OH is 1. The molecule has 0 spiro atoms. The summed E-state index contributed by atoms with van der Waals surface area (Å²) in [5.41, 5.74) is 1.50.